The first-order valence-electron chi connectivity index (χ1n) is 31.1. The lowest BCUT2D eigenvalue weighted by Crippen LogP contribution is -2.65. The van der Waals surface area contributed by atoms with Crippen LogP contribution in [0.1, 0.15) is 128 Å². The highest BCUT2D eigenvalue weighted by molar-refractivity contribution is 6.26. The minimum Gasteiger partial charge on any atom is -0.511 e. The normalized spacial score (nSPS) is 46.4. The van der Waals surface area contributed by atoms with E-state index in [0.29, 0.717) is 23.1 Å². The van der Waals surface area contributed by atoms with Crippen molar-refractivity contribution in [3.63, 3.8) is 0 Å². The summed E-state index contributed by atoms with van der Waals surface area (Å²) in [5, 5.41) is 73.1. The van der Waals surface area contributed by atoms with Gasteiger partial charge in [-0.1, -0.05) is 62.8 Å². The Balaban J connectivity index is 1.05. The number of methoxy groups -OCH3 is 1. The molecule has 1 saturated carbocycles. The Labute approximate surface area is 518 Å². The monoisotopic (exact) mass is 1250 g/mol. The first kappa shape index (κ1) is 68.1. The average molecular weight is 1260 g/mol. The summed E-state index contributed by atoms with van der Waals surface area (Å²) in [6, 6.07) is -1.13. The number of carbonyl (C=O) groups excluding carboxylic acids is 5. The number of alkyl carbamates (subject to hydrolysis) is 1. The van der Waals surface area contributed by atoms with Crippen molar-refractivity contribution < 1.29 is 107 Å². The van der Waals surface area contributed by atoms with Crippen molar-refractivity contribution in [1.82, 2.24) is 5.32 Å². The molecule has 1 amide bonds. The number of nitro groups is 1. The molecule has 25 nitrogen and oxygen atoms in total. The van der Waals surface area contributed by atoms with E-state index in [9.17, 15) is 54.8 Å². The summed E-state index contributed by atoms with van der Waals surface area (Å²) in [5.74, 6) is -6.85. The molecule has 2 bridgehead atoms. The zero-order chi connectivity index (χ0) is 65.1. The van der Waals surface area contributed by atoms with Crippen molar-refractivity contribution in [2.45, 2.75) is 250 Å². The number of amides is 1. The second-order valence-electron chi connectivity index (χ2n) is 26.7. The Bertz CT molecular complexity index is 2880. The van der Waals surface area contributed by atoms with Gasteiger partial charge in [0, 0.05) is 61.7 Å². The number of esters is 2. The molecule has 1 spiro atoms. The van der Waals surface area contributed by atoms with Crippen molar-refractivity contribution in [2.24, 2.45) is 40.9 Å². The number of hydrogen-bond acceptors (Lipinski definition) is 23. The highest BCUT2D eigenvalue weighted by atomic mass is 16.7. The van der Waals surface area contributed by atoms with Crippen LogP contribution in [-0.2, 0) is 71.3 Å². The minimum absolute atomic E-state index is 0.0219. The highest BCUT2D eigenvalue weighted by Gasteiger charge is 2.65. The van der Waals surface area contributed by atoms with Gasteiger partial charge in [-0.15, -0.1) is 0 Å². The van der Waals surface area contributed by atoms with E-state index in [2.05, 4.69) is 12.2 Å². The third-order valence-electron chi connectivity index (χ3n) is 20.3. The van der Waals surface area contributed by atoms with E-state index in [0.717, 1.165) is 7.11 Å². The summed E-state index contributed by atoms with van der Waals surface area (Å²) in [6.07, 6.45) is -5.71. The van der Waals surface area contributed by atoms with Crippen LogP contribution in [0, 0.1) is 51.0 Å². The lowest BCUT2D eigenvalue weighted by molar-refractivity contribution is -0.584. The molecule has 0 aromatic carbocycles. The van der Waals surface area contributed by atoms with Gasteiger partial charge in [-0.05, 0) is 96.3 Å². The lowest BCUT2D eigenvalue weighted by atomic mass is 9.49. The predicted octanol–water partition coefficient (Wildman–Crippen LogP) is 5.37. The van der Waals surface area contributed by atoms with Gasteiger partial charge in [0.25, 0.3) is 0 Å². The number of Topliss-reactive ketones (excluding diaryl/α,β-unsaturated/α-hetero) is 1. The molecule has 6 fully saturated rings. The number of nitrogens with zero attached hydrogens (tertiary/aromatic N) is 1. The van der Waals surface area contributed by atoms with Crippen LogP contribution >= 0.6 is 0 Å². The predicted molar refractivity (Wildman–Crippen MR) is 312 cm³/mol. The number of carbonyl (C=O) groups is 5. The second-order valence-corrected chi connectivity index (χ2v) is 26.7. The van der Waals surface area contributed by atoms with Gasteiger partial charge in [-0.3, -0.25) is 24.5 Å². The van der Waals surface area contributed by atoms with Crippen LogP contribution in [0.4, 0.5) is 4.79 Å². The van der Waals surface area contributed by atoms with Gasteiger partial charge in [0.15, 0.2) is 42.6 Å². The van der Waals surface area contributed by atoms with Crippen LogP contribution in [0.2, 0.25) is 0 Å². The molecule has 5 saturated heterocycles. The summed E-state index contributed by atoms with van der Waals surface area (Å²) in [6.45, 7) is 20.1. The van der Waals surface area contributed by atoms with Crippen LogP contribution in [-0.4, -0.2) is 189 Å². The third-order valence-corrected chi connectivity index (χ3v) is 20.3. The Morgan fingerprint density at radius 1 is 0.764 bits per heavy atom. The molecule has 0 unspecified atom stereocenters. The summed E-state index contributed by atoms with van der Waals surface area (Å²) in [7, 11) is 1.14. The number of nitrogens with one attached hydrogen (secondary N) is 1. The SMILES string of the molecule is COC(=O)N[C@H]1[C@@H](C)O[C@@H](O[C@H]2C/C=C(\C)[C@@H]3C=C[C@@H]4[C@@H](O[C@H]5C[C@@H](O[C@H]6C[C@@H](O)[C@@H](O[C@@H]7C[C@@H](O)[C@@H](O)[C@H](C)O7)[C@H](C)O6)[C@@H](OC(C)=O)[C@H](C)O5)[C@@H](C)C[C@H](C)[C@H]4[C@]3(C)C(O)=C3C(=O)O[C@]4(CC(/C=C/C(C)=O)=C[C@H](O)[C@H]4/C=C/2C)C3=O)C[C@]1(C)[N+](=O)[O-]. The molecule has 5 aliphatic heterocycles. The molecule has 89 heavy (non-hydrogen) atoms. The summed E-state index contributed by atoms with van der Waals surface area (Å²) < 4.78 is 68.4. The van der Waals surface area contributed by atoms with Crippen molar-refractivity contribution in [3.05, 3.63) is 80.7 Å². The van der Waals surface area contributed by atoms with Crippen molar-refractivity contribution in [3.8, 4) is 0 Å². The summed E-state index contributed by atoms with van der Waals surface area (Å²) in [5.41, 5.74) is -4.55. The molecule has 5 heterocycles. The molecule has 25 heteroatoms. The fourth-order valence-corrected chi connectivity index (χ4v) is 15.8. The van der Waals surface area contributed by atoms with Crippen LogP contribution in [0.15, 0.2) is 70.6 Å². The first-order valence-corrected chi connectivity index (χ1v) is 31.1. The van der Waals surface area contributed by atoms with E-state index in [1.165, 1.54) is 39.0 Å². The molecule has 27 atom stereocenters. The van der Waals surface area contributed by atoms with E-state index >= 15 is 4.79 Å². The van der Waals surface area contributed by atoms with E-state index in [-0.39, 0.29) is 56.1 Å². The quantitative estimate of drug-likeness (QED) is 0.0257. The van der Waals surface area contributed by atoms with Crippen LogP contribution < -0.4 is 5.32 Å². The maximum atomic E-state index is 15.8. The maximum Gasteiger partial charge on any atom is 0.407 e. The number of aliphatic hydroxyl groups excluding tert-OH is 5. The van der Waals surface area contributed by atoms with Gasteiger partial charge in [0.1, 0.15) is 35.7 Å². The van der Waals surface area contributed by atoms with Crippen molar-refractivity contribution >= 4 is 29.6 Å². The van der Waals surface area contributed by atoms with Crippen molar-refractivity contribution in [2.75, 3.05) is 7.11 Å². The highest BCUT2D eigenvalue weighted by Crippen LogP contribution is 2.61. The van der Waals surface area contributed by atoms with Crippen LogP contribution in [0.5, 0.6) is 0 Å². The summed E-state index contributed by atoms with van der Waals surface area (Å²) in [4.78, 5) is 80.4. The maximum absolute atomic E-state index is 15.8. The molecule has 494 valence electrons. The molecule has 0 aromatic heterocycles. The second kappa shape index (κ2) is 26.7. The average Bonchev–Trinajstić information content (AvgIpc) is 1.69. The molecule has 4 aliphatic carbocycles. The molecule has 9 rings (SSSR count). The van der Waals surface area contributed by atoms with E-state index in [1.54, 1.807) is 40.7 Å². The van der Waals surface area contributed by atoms with Gasteiger partial charge < -0.3 is 83.0 Å². The first-order chi connectivity index (χ1) is 41.8. The lowest BCUT2D eigenvalue weighted by Gasteiger charge is -2.56. The number of hydrogen-bond donors (Lipinski definition) is 6. The van der Waals surface area contributed by atoms with Crippen LogP contribution in [0.3, 0.4) is 0 Å². The van der Waals surface area contributed by atoms with E-state index < -0.39 is 191 Å². The molecular formula is C64H90N2O23. The fraction of sp³-hybridized carbons (Fsp3) is 0.734. The number of rotatable bonds is 13. The van der Waals surface area contributed by atoms with Gasteiger partial charge in [-0.25, -0.2) is 9.59 Å². The van der Waals surface area contributed by atoms with Gasteiger partial charge in [0.2, 0.25) is 11.3 Å². The van der Waals surface area contributed by atoms with Gasteiger partial charge in [-0.2, -0.15) is 0 Å². The Morgan fingerprint density at radius 2 is 1.39 bits per heavy atom. The van der Waals surface area contributed by atoms with Crippen LogP contribution in [0.25, 0.3) is 0 Å². The minimum atomic E-state index is -2.15. The Hall–Kier alpha value is -5.29. The number of aliphatic hydroxyl groups is 5. The summed E-state index contributed by atoms with van der Waals surface area (Å²) >= 11 is 0. The van der Waals surface area contributed by atoms with E-state index in [1.807, 2.05) is 39.0 Å². The molecular weight excluding hydrogens is 1160 g/mol. The molecule has 0 aromatic rings. The number of ketones is 2. The van der Waals surface area contributed by atoms with Gasteiger partial charge in [0.05, 0.1) is 74.4 Å². The topological polar surface area (TPSA) is 343 Å². The smallest absolute Gasteiger partial charge is 0.407 e. The fourth-order valence-electron chi connectivity index (χ4n) is 15.8. The molecule has 6 N–H and O–H groups in total. The Morgan fingerprint density at radius 3 is 2.03 bits per heavy atom. The third kappa shape index (κ3) is 13.4. The zero-order valence-electron chi connectivity index (χ0n) is 52.9. The molecule has 0 radical (unpaired) electrons. The molecule has 9 aliphatic rings. The largest absolute Gasteiger partial charge is 0.511 e. The zero-order valence-corrected chi connectivity index (χ0v) is 52.9. The Kier molecular flexibility index (Phi) is 20.5. The number of allylic oxidation sites excluding steroid dienone is 5. The van der Waals surface area contributed by atoms with E-state index in [4.69, 9.17) is 52.1 Å². The number of fused-ring (bicyclic) bond motifs is 4. The number of ether oxygens (including phenoxy) is 11. The standard InChI is InChI=1S/C64H90N2O23/c1-28-14-19-45(85-50-27-62(11,66(77)78)57(36(9)83-50)65-61(76)79-13)29(2)21-41-42(69)22-38(16-15-32(5)67)26-64(41)59(74)51(60(75)89-64)58(73)63(12)40(28)18-17-39-52(63)30(3)20-31(4)54(39)87-49-25-46(56(35(8)82-49)84-37(10)68)86-47-24-44(71)55(34(7)81-47)88-48-23-43(70)53(72)33(6)80-48/h14-18,21-22,30-31,33-36,39-50,52-57,69-73H,19-20,23-27H2,1-13H3,(H,65,76)/b16-15+,28-14+,29-21+,58-51?/t30-,31-,33-,34-,35-,36+,39-,40-,41+,42-,43+,44+,45-,46+,47-,48+,49-,50-,52+,53-,54-,55-,56-,57-,62-,63+,64-/m0/s1. The van der Waals surface area contributed by atoms with Gasteiger partial charge >= 0.3 is 18.0 Å². The van der Waals surface area contributed by atoms with Crippen molar-refractivity contribution in [1.29, 1.82) is 0 Å².